The van der Waals surface area contributed by atoms with Gasteiger partial charge in [0, 0.05) is 60.6 Å². The van der Waals surface area contributed by atoms with E-state index in [0.717, 1.165) is 100 Å². The molecule has 4 aromatic heterocycles. The molecule has 0 atom stereocenters. The smallest absolute Gasteiger partial charge is 0.164 e. The van der Waals surface area contributed by atoms with Crippen LogP contribution >= 0.6 is 0 Å². The first-order chi connectivity index (χ1) is 33.7. The van der Waals surface area contributed by atoms with E-state index in [1.807, 2.05) is 54.6 Å². The number of rotatable bonds is 8. The summed E-state index contributed by atoms with van der Waals surface area (Å²) >= 11 is 0. The molecule has 13 rings (SSSR count). The number of hydrogen-bond donors (Lipinski definition) is 0. The second kappa shape index (κ2) is 16.3. The van der Waals surface area contributed by atoms with Gasteiger partial charge in [0.05, 0.1) is 16.6 Å². The predicted molar refractivity (Wildman–Crippen MR) is 277 cm³/mol. The quantitative estimate of drug-likeness (QED) is 0.152. The summed E-state index contributed by atoms with van der Waals surface area (Å²) in [6.07, 6.45) is 0. The van der Waals surface area contributed by atoms with E-state index in [9.17, 15) is 0 Å². The fourth-order valence-electron chi connectivity index (χ4n) is 9.65. The first kappa shape index (κ1) is 39.1. The summed E-state index contributed by atoms with van der Waals surface area (Å²) < 4.78 is 9.32. The Morgan fingerprint density at radius 2 is 0.809 bits per heavy atom. The lowest BCUT2D eigenvalue weighted by Gasteiger charge is -2.12. The van der Waals surface area contributed by atoms with Crippen LogP contribution in [0.3, 0.4) is 0 Å². The minimum atomic E-state index is 0.597. The molecule has 0 amide bonds. The first-order valence-electron chi connectivity index (χ1n) is 22.8. The van der Waals surface area contributed by atoms with E-state index >= 15 is 0 Å². The van der Waals surface area contributed by atoms with Gasteiger partial charge < -0.3 is 8.98 Å². The Balaban J connectivity index is 0.938. The summed E-state index contributed by atoms with van der Waals surface area (Å²) in [4.78, 5) is 20.7. The number of benzene rings is 9. The maximum Gasteiger partial charge on any atom is 0.164 e. The molecule has 0 bridgehead atoms. The van der Waals surface area contributed by atoms with Gasteiger partial charge in [-0.1, -0.05) is 200 Å². The topological polar surface area (TPSA) is 69.6 Å². The highest BCUT2D eigenvalue weighted by Gasteiger charge is 2.24. The zero-order valence-electron chi connectivity index (χ0n) is 36.7. The first-order valence-corrected chi connectivity index (χ1v) is 22.8. The van der Waals surface area contributed by atoms with Gasteiger partial charge in [-0.05, 0) is 53.1 Å². The number of furan rings is 1. The maximum absolute atomic E-state index is 7.00. The summed E-state index contributed by atoms with van der Waals surface area (Å²) in [5.74, 6) is 2.63. The van der Waals surface area contributed by atoms with Crippen LogP contribution in [-0.2, 0) is 0 Å². The van der Waals surface area contributed by atoms with Gasteiger partial charge in [-0.2, -0.15) is 0 Å². The van der Waals surface area contributed by atoms with Crippen molar-refractivity contribution >= 4 is 43.7 Å². The minimum absolute atomic E-state index is 0.597. The SMILES string of the molecule is c1ccc(-c2nc(-c3ccc(-c4ccc5nc(-c6ccccc6)c6oc(-c7ccccc7)c(-c7ccccc7)c6c5c4)cc3)nc(-c3cccc(-n4c5ccccc5c5ccccc54)c3)n2)cc1. The van der Waals surface area contributed by atoms with Gasteiger partial charge in [-0.25, -0.2) is 19.9 Å². The van der Waals surface area contributed by atoms with E-state index in [1.165, 1.54) is 10.8 Å². The lowest BCUT2D eigenvalue weighted by molar-refractivity contribution is 0.632. The van der Waals surface area contributed by atoms with Crippen molar-refractivity contribution in [2.45, 2.75) is 0 Å². The maximum atomic E-state index is 7.00. The third-order valence-corrected chi connectivity index (χ3v) is 12.9. The normalized spacial score (nSPS) is 11.5. The zero-order valence-corrected chi connectivity index (χ0v) is 36.7. The predicted octanol–water partition coefficient (Wildman–Crippen LogP) is 15.9. The molecule has 0 N–H and O–H groups in total. The monoisotopic (exact) mass is 869 g/mol. The van der Waals surface area contributed by atoms with Crippen LogP contribution in [0.15, 0.2) is 241 Å². The third kappa shape index (κ3) is 6.74. The third-order valence-electron chi connectivity index (χ3n) is 12.9. The van der Waals surface area contributed by atoms with E-state index in [-0.39, 0.29) is 0 Å². The second-order valence-electron chi connectivity index (χ2n) is 17.0. The molecule has 0 fully saturated rings. The molecule has 9 aromatic carbocycles. The molecule has 0 spiro atoms. The van der Waals surface area contributed by atoms with Crippen molar-refractivity contribution in [2.24, 2.45) is 0 Å². The molecule has 68 heavy (non-hydrogen) atoms. The molecule has 0 saturated carbocycles. The van der Waals surface area contributed by atoms with E-state index in [1.54, 1.807) is 0 Å². The summed E-state index contributed by atoms with van der Waals surface area (Å²) in [6, 6.07) is 82.0. The lowest BCUT2D eigenvalue weighted by Crippen LogP contribution is -2.01. The standard InChI is InChI=1S/C62H39N5O/c1-5-18-41(19-6-1)55-56-51-39-46(36-37-52(51)63-57(42-20-7-2-8-21-42)59(56)68-58(55)43-22-9-3-10-23-43)40-32-34-45(35-33-40)61-64-60(44-24-11-4-12-25-44)65-62(66-61)47-26-17-27-48(38-47)67-53-30-15-13-28-49(53)50-29-14-16-31-54(50)67/h1-39H. The molecule has 13 aromatic rings. The zero-order chi connectivity index (χ0) is 45.0. The van der Waals surface area contributed by atoms with Crippen LogP contribution in [0.5, 0.6) is 0 Å². The van der Waals surface area contributed by atoms with Crippen LogP contribution in [0.4, 0.5) is 0 Å². The van der Waals surface area contributed by atoms with Crippen LogP contribution in [0.25, 0.3) is 128 Å². The van der Waals surface area contributed by atoms with Crippen molar-refractivity contribution in [3.63, 3.8) is 0 Å². The average Bonchev–Trinajstić information content (AvgIpc) is 3.99. The summed E-state index contributed by atoms with van der Waals surface area (Å²) in [5, 5.41) is 4.48. The molecule has 0 aliphatic rings. The second-order valence-corrected chi connectivity index (χ2v) is 17.0. The number of pyridine rings is 1. The summed E-state index contributed by atoms with van der Waals surface area (Å²) in [5.41, 5.74) is 14.8. The molecule has 0 aliphatic heterocycles. The van der Waals surface area contributed by atoms with Crippen molar-refractivity contribution in [3.8, 4) is 84.7 Å². The average molecular weight is 870 g/mol. The van der Waals surface area contributed by atoms with Crippen molar-refractivity contribution in [1.82, 2.24) is 24.5 Å². The van der Waals surface area contributed by atoms with Gasteiger partial charge in [0.2, 0.25) is 0 Å². The highest BCUT2D eigenvalue weighted by molar-refractivity contribution is 6.19. The Morgan fingerprint density at radius 3 is 1.44 bits per heavy atom. The number of para-hydroxylation sites is 2. The molecule has 6 heteroatoms. The number of hydrogen-bond acceptors (Lipinski definition) is 5. The molecular formula is C62H39N5O. The van der Waals surface area contributed by atoms with Crippen LogP contribution in [-0.4, -0.2) is 24.5 Å². The Morgan fingerprint density at radius 1 is 0.324 bits per heavy atom. The van der Waals surface area contributed by atoms with E-state index in [4.69, 9.17) is 24.4 Å². The highest BCUT2D eigenvalue weighted by Crippen LogP contribution is 2.47. The fourth-order valence-corrected chi connectivity index (χ4v) is 9.65. The van der Waals surface area contributed by atoms with Crippen molar-refractivity contribution < 1.29 is 4.42 Å². The largest absolute Gasteiger partial charge is 0.453 e. The Labute approximate surface area is 392 Å². The summed E-state index contributed by atoms with van der Waals surface area (Å²) in [6.45, 7) is 0. The van der Waals surface area contributed by atoms with Gasteiger partial charge in [0.1, 0.15) is 11.5 Å². The van der Waals surface area contributed by atoms with Crippen molar-refractivity contribution in [3.05, 3.63) is 237 Å². The van der Waals surface area contributed by atoms with E-state index in [2.05, 4.69) is 187 Å². The van der Waals surface area contributed by atoms with Crippen LogP contribution in [0, 0.1) is 0 Å². The lowest BCUT2D eigenvalue weighted by atomic mass is 9.94. The van der Waals surface area contributed by atoms with E-state index < -0.39 is 0 Å². The van der Waals surface area contributed by atoms with Crippen molar-refractivity contribution in [2.75, 3.05) is 0 Å². The van der Waals surface area contributed by atoms with Gasteiger partial charge in [0.25, 0.3) is 0 Å². The number of nitrogens with zero attached hydrogens (tertiary/aromatic N) is 5. The molecule has 318 valence electrons. The Kier molecular flexibility index (Phi) is 9.39. The van der Waals surface area contributed by atoms with Crippen LogP contribution in [0.2, 0.25) is 0 Å². The fraction of sp³-hybridized carbons (Fsp3) is 0. The molecule has 4 heterocycles. The molecule has 0 aliphatic carbocycles. The molecule has 0 unspecified atom stereocenters. The Hall–Kier alpha value is -9.26. The molecule has 6 nitrogen and oxygen atoms in total. The minimum Gasteiger partial charge on any atom is -0.453 e. The van der Waals surface area contributed by atoms with E-state index in [0.29, 0.717) is 17.5 Å². The summed E-state index contributed by atoms with van der Waals surface area (Å²) in [7, 11) is 0. The van der Waals surface area contributed by atoms with Gasteiger partial charge in [0.15, 0.2) is 23.1 Å². The highest BCUT2D eigenvalue weighted by atomic mass is 16.3. The Bertz CT molecular complexity index is 3940. The number of aromatic nitrogens is 5. The molecular weight excluding hydrogens is 831 g/mol. The van der Waals surface area contributed by atoms with Crippen molar-refractivity contribution in [1.29, 1.82) is 0 Å². The molecule has 0 radical (unpaired) electrons. The van der Waals surface area contributed by atoms with Gasteiger partial charge >= 0.3 is 0 Å². The van der Waals surface area contributed by atoms with Gasteiger partial charge in [-0.15, -0.1) is 0 Å². The number of fused-ring (bicyclic) bond motifs is 6. The van der Waals surface area contributed by atoms with Crippen LogP contribution < -0.4 is 0 Å². The van der Waals surface area contributed by atoms with Crippen LogP contribution in [0.1, 0.15) is 0 Å². The van der Waals surface area contributed by atoms with Gasteiger partial charge in [-0.3, -0.25) is 0 Å². The molecule has 0 saturated heterocycles.